The monoisotopic (exact) mass is 1560 g/mol. The van der Waals surface area contributed by atoms with Crippen molar-refractivity contribution in [3.05, 3.63) is 171 Å². The number of nitrogens with zero attached hydrogens (tertiary/aromatic N) is 15. The number of pyridine rings is 4. The highest BCUT2D eigenvalue weighted by Gasteiger charge is 2.50. The van der Waals surface area contributed by atoms with Crippen molar-refractivity contribution < 1.29 is 0 Å². The SMILES string of the molecule is CC#Cc1cncc(-n2cc(C3(C)CC4(CCCCC4)SC(N)=N3)cn2)c1.CC#Cc1cncc(-n2cc([C@]3(C)CC4(CCCCC4)SC(N)=N3)cn2)c1.CC1(c2cnn(-c3cncc(Br)c3)c2)CC2(CCCCC2)SC(N)=N1.[C-]#[N+]c1cncc(-c2csc([C@@]3(C)CC4(CCCCC4)SC(N)=N3)c2)c1. The summed E-state index contributed by atoms with van der Waals surface area (Å²) in [5, 5.41) is 18.7. The zero-order chi connectivity index (χ0) is 73.5. The van der Waals surface area contributed by atoms with Crippen molar-refractivity contribution in [1.29, 1.82) is 0 Å². The summed E-state index contributed by atoms with van der Waals surface area (Å²) in [4.78, 5) is 41.1. The van der Waals surface area contributed by atoms with Crippen LogP contribution in [0.25, 0.3) is 33.0 Å². The van der Waals surface area contributed by atoms with Crippen molar-refractivity contribution in [2.24, 2.45) is 42.9 Å². The average molecular weight is 1560 g/mol. The molecule has 4 aliphatic carbocycles. The fourth-order valence-corrected chi connectivity index (χ4v) is 24.5. The van der Waals surface area contributed by atoms with E-state index in [1.807, 2.05) is 76.9 Å². The summed E-state index contributed by atoms with van der Waals surface area (Å²) in [6.45, 7) is 19.6. The smallest absolute Gasteiger partial charge is 0.205 e. The van der Waals surface area contributed by atoms with Crippen molar-refractivity contribution >= 4 is 101 Å². The molecule has 8 N–H and O–H groups in total. The Balaban J connectivity index is 0.000000124. The Hall–Kier alpha value is -7.70. The Morgan fingerprint density at radius 3 is 1.14 bits per heavy atom. The molecule has 0 saturated heterocycles. The van der Waals surface area contributed by atoms with Crippen LogP contribution in [-0.2, 0) is 22.2 Å². The van der Waals surface area contributed by atoms with Crippen LogP contribution in [-0.4, -0.2) is 88.9 Å². The average Bonchev–Trinajstić information content (AvgIpc) is 1.77. The van der Waals surface area contributed by atoms with E-state index in [9.17, 15) is 0 Å². The van der Waals surface area contributed by atoms with Crippen molar-refractivity contribution in [3.63, 3.8) is 0 Å². The number of aromatic nitrogens is 10. The summed E-state index contributed by atoms with van der Waals surface area (Å²) < 4.78 is 7.43. The zero-order valence-corrected chi connectivity index (χ0v) is 66.6. The molecule has 8 aromatic rings. The van der Waals surface area contributed by atoms with Gasteiger partial charge in [0.25, 0.3) is 0 Å². The van der Waals surface area contributed by atoms with Crippen LogP contribution in [0.4, 0.5) is 5.69 Å². The van der Waals surface area contributed by atoms with E-state index < -0.39 is 0 Å². The van der Waals surface area contributed by atoms with Gasteiger partial charge in [-0.25, -0.2) is 18.9 Å². The summed E-state index contributed by atoms with van der Waals surface area (Å²) >= 11 is 12.4. The molecule has 0 aromatic carbocycles. The first-order valence-electron chi connectivity index (χ1n) is 36.7. The van der Waals surface area contributed by atoms with Gasteiger partial charge in [-0.3, -0.25) is 39.9 Å². The Kier molecular flexibility index (Phi) is 23.0. The number of thioether (sulfide) groups is 4. The maximum Gasteiger partial charge on any atom is 0.205 e. The predicted octanol–water partition coefficient (Wildman–Crippen LogP) is 18.1. The van der Waals surface area contributed by atoms with E-state index in [-0.39, 0.29) is 41.1 Å². The van der Waals surface area contributed by atoms with E-state index in [0.717, 1.165) is 91.3 Å². The van der Waals surface area contributed by atoms with E-state index in [1.165, 1.54) is 133 Å². The van der Waals surface area contributed by atoms with E-state index in [2.05, 4.69) is 137 Å². The lowest BCUT2D eigenvalue weighted by atomic mass is 9.77. The molecule has 8 aliphatic rings. The maximum absolute atomic E-state index is 7.19. The molecule has 4 aliphatic heterocycles. The topological polar surface area (TPSA) is 263 Å². The molecule has 4 spiro atoms. The van der Waals surface area contributed by atoms with E-state index >= 15 is 0 Å². The molecule has 25 heteroatoms. The molecule has 4 fully saturated rings. The second-order valence-corrected chi connectivity index (χ2v) is 38.0. The molecule has 12 heterocycles. The highest BCUT2D eigenvalue weighted by molar-refractivity contribution is 9.10. The number of aliphatic imine (C=N–C) groups is 4. The highest BCUT2D eigenvalue weighted by atomic mass is 79.9. The fourth-order valence-electron chi connectivity index (χ4n) is 17.0. The van der Waals surface area contributed by atoms with Gasteiger partial charge in [0.05, 0.1) is 83.0 Å². The summed E-state index contributed by atoms with van der Waals surface area (Å²) in [6, 6.07) is 10.1. The number of thiophene rings is 1. The molecular formula is C80H94BrN19S5. The van der Waals surface area contributed by atoms with Crippen molar-refractivity contribution in [3.8, 4) is 51.9 Å². The van der Waals surface area contributed by atoms with Gasteiger partial charge < -0.3 is 22.9 Å². The second kappa shape index (κ2) is 32.0. The molecule has 0 amide bonds. The molecule has 0 radical (unpaired) electrons. The molecular weight excluding hydrogens is 1470 g/mol. The number of hydrogen-bond donors (Lipinski definition) is 4. The van der Waals surface area contributed by atoms with Gasteiger partial charge >= 0.3 is 0 Å². The summed E-state index contributed by atoms with van der Waals surface area (Å²) in [5.41, 5.74) is 34.3. The van der Waals surface area contributed by atoms with Crippen LogP contribution in [0.1, 0.15) is 228 Å². The lowest BCUT2D eigenvalue weighted by molar-refractivity contribution is 0.303. The molecule has 105 heavy (non-hydrogen) atoms. The Morgan fingerprint density at radius 2 is 0.771 bits per heavy atom. The molecule has 4 atom stereocenters. The number of hydrogen-bond acceptors (Lipinski definition) is 20. The van der Waals surface area contributed by atoms with Gasteiger partial charge in [-0.05, 0) is 181 Å². The molecule has 16 rings (SSSR count). The lowest BCUT2D eigenvalue weighted by Gasteiger charge is -2.45. The highest BCUT2D eigenvalue weighted by Crippen LogP contribution is 2.57. The van der Waals surface area contributed by atoms with Crippen LogP contribution in [0.3, 0.4) is 0 Å². The first-order valence-corrected chi connectivity index (χ1v) is 41.6. The summed E-state index contributed by atoms with van der Waals surface area (Å²) in [6.07, 6.45) is 55.6. The van der Waals surface area contributed by atoms with Crippen LogP contribution in [0.2, 0.25) is 0 Å². The van der Waals surface area contributed by atoms with Crippen molar-refractivity contribution in [2.75, 3.05) is 0 Å². The first-order chi connectivity index (χ1) is 50.5. The molecule has 4 saturated carbocycles. The molecule has 2 unspecified atom stereocenters. The predicted molar refractivity (Wildman–Crippen MR) is 439 cm³/mol. The van der Waals surface area contributed by atoms with Crippen molar-refractivity contribution in [1.82, 2.24) is 49.3 Å². The maximum atomic E-state index is 7.19. The number of amidine groups is 4. The molecule has 8 aromatic heterocycles. The van der Waals surface area contributed by atoms with Crippen LogP contribution in [0.15, 0.2) is 147 Å². The number of rotatable bonds is 8. The van der Waals surface area contributed by atoms with Crippen LogP contribution >= 0.6 is 74.3 Å². The third kappa shape index (κ3) is 17.6. The normalized spacial score (nSPS) is 24.7. The minimum atomic E-state index is -0.334. The van der Waals surface area contributed by atoms with Gasteiger partial charge in [-0.2, -0.15) is 15.3 Å². The minimum absolute atomic E-state index is 0.221. The van der Waals surface area contributed by atoms with E-state index in [4.69, 9.17) is 49.5 Å². The van der Waals surface area contributed by atoms with Gasteiger partial charge in [0.1, 0.15) is 0 Å². The quantitative estimate of drug-likeness (QED) is 0.0814. The first kappa shape index (κ1) is 75.5. The number of halogens is 1. The third-order valence-corrected chi connectivity index (χ3v) is 28.6. The zero-order valence-electron chi connectivity index (χ0n) is 61.0. The van der Waals surface area contributed by atoms with Gasteiger partial charge in [-0.1, -0.05) is 136 Å². The van der Waals surface area contributed by atoms with Gasteiger partial charge in [-0.15, -0.1) is 23.2 Å². The Bertz CT molecular complexity index is 4590. The summed E-state index contributed by atoms with van der Waals surface area (Å²) in [5.74, 6) is 11.9. The van der Waals surface area contributed by atoms with Crippen molar-refractivity contribution in [2.45, 2.75) is 237 Å². The molecule has 0 bridgehead atoms. The van der Waals surface area contributed by atoms with Crippen LogP contribution in [0.5, 0.6) is 0 Å². The Morgan fingerprint density at radius 1 is 0.419 bits per heavy atom. The standard InChI is InChI=1S/2C21H25N5S.C20H22N4S2.C18H22BrN5S/c2*1-3-7-16-10-18(13-23-11-16)26-14-17(12-24-26)20(2)15-21(27-19(22)25-20)8-5-4-6-9-21;1-19(13-20(26-18(21)24-19)6-4-3-5-7-20)17-9-15(12-25-17)14-8-16(22-2)11-23-10-14;1-17(12-18(25-16(20)23-17)5-3-2-4-6-18)13-8-22-24(11-13)15-7-14(19)9-21-10-15/h2*10-14H,4-6,8-9,15H2,1-2H3,(H2,22,25);8-12H,3-7,13H2,1H3,(H2,21,24);7-11H,2-6,12H2,1H3,(H2,20,23)/t20-;;19-;/m0.1./s1. The van der Waals surface area contributed by atoms with Crippen LogP contribution in [0, 0.1) is 30.3 Å². The summed E-state index contributed by atoms with van der Waals surface area (Å²) in [7, 11) is 0. The Labute approximate surface area is 647 Å². The fraction of sp³-hybridized carbons (Fsp3) is 0.475. The van der Waals surface area contributed by atoms with Gasteiger partial charge in [0.15, 0.2) is 20.7 Å². The molecule has 19 nitrogen and oxygen atoms in total. The minimum Gasteiger partial charge on any atom is -0.378 e. The number of nitrogens with two attached hydrogens (primary N) is 4. The largest absolute Gasteiger partial charge is 0.378 e. The van der Waals surface area contributed by atoms with Crippen LogP contribution < -0.4 is 22.9 Å². The molecule has 546 valence electrons. The van der Waals surface area contributed by atoms with E-state index in [0.29, 0.717) is 21.2 Å². The second-order valence-electron chi connectivity index (χ2n) is 30.2. The third-order valence-electron chi connectivity index (χ3n) is 21.8. The van der Waals surface area contributed by atoms with E-state index in [1.54, 1.807) is 102 Å². The lowest BCUT2D eigenvalue weighted by Crippen LogP contribution is -2.43. The van der Waals surface area contributed by atoms with Gasteiger partial charge in [0.2, 0.25) is 5.69 Å². The van der Waals surface area contributed by atoms with Gasteiger partial charge in [0, 0.05) is 106 Å².